The number of carbonyl (C=O) groups excluding carboxylic acids is 1. The van der Waals surface area contributed by atoms with Crippen LogP contribution in [-0.4, -0.2) is 16.9 Å². The predicted octanol–water partition coefficient (Wildman–Crippen LogP) is 3.28. The molecule has 1 unspecified atom stereocenters. The number of fused-ring (bicyclic) bond motifs is 3. The first-order valence-corrected chi connectivity index (χ1v) is 6.56. The van der Waals surface area contributed by atoms with Gasteiger partial charge in [0.2, 0.25) is 0 Å². The number of ketones is 1. The summed E-state index contributed by atoms with van der Waals surface area (Å²) in [6.07, 6.45) is 0.383. The largest absolute Gasteiger partial charge is 0.481 e. The number of carbonyl (C=O) groups is 2. The summed E-state index contributed by atoms with van der Waals surface area (Å²) in [7, 11) is 0. The van der Waals surface area contributed by atoms with E-state index in [0.29, 0.717) is 17.5 Å². The van der Waals surface area contributed by atoms with Crippen LogP contribution in [0, 0.1) is 0 Å². The van der Waals surface area contributed by atoms with Gasteiger partial charge in [-0.05, 0) is 35.2 Å². The Morgan fingerprint density at radius 3 is 2.60 bits per heavy atom. The minimum atomic E-state index is -0.881. The first kappa shape index (κ1) is 12.6. The molecule has 1 N–H and O–H groups in total. The molecule has 3 heteroatoms. The summed E-state index contributed by atoms with van der Waals surface area (Å²) in [6.45, 7) is 1.63. The highest BCUT2D eigenvalue weighted by molar-refractivity contribution is 6.07. The van der Waals surface area contributed by atoms with E-state index in [1.807, 2.05) is 30.3 Å². The highest BCUT2D eigenvalue weighted by Crippen LogP contribution is 2.34. The molecular weight excluding hydrogens is 252 g/mol. The maximum Gasteiger partial charge on any atom is 0.310 e. The van der Waals surface area contributed by atoms with Crippen molar-refractivity contribution in [3.8, 4) is 11.1 Å². The van der Waals surface area contributed by atoms with Crippen molar-refractivity contribution in [1.82, 2.24) is 0 Å². The zero-order chi connectivity index (χ0) is 14.3. The topological polar surface area (TPSA) is 54.4 Å². The maximum atomic E-state index is 12.2. The van der Waals surface area contributed by atoms with Crippen molar-refractivity contribution >= 4 is 11.8 Å². The fraction of sp³-hybridized carbons (Fsp3) is 0.176. The van der Waals surface area contributed by atoms with Gasteiger partial charge in [-0.1, -0.05) is 36.4 Å². The molecule has 0 saturated heterocycles. The standard InChI is InChI=1S/C17H14O3/c1-10(17(19)20)11-6-7-14-13-5-3-2-4-12(13)9-16(18)15(14)8-11/h2-8,10H,9H2,1H3,(H,19,20). The molecular formula is C17H14O3. The molecule has 1 atom stereocenters. The number of Topliss-reactive ketones (excluding diaryl/α,β-unsaturated/α-hetero) is 1. The van der Waals surface area contributed by atoms with Gasteiger partial charge in [-0.2, -0.15) is 0 Å². The first-order chi connectivity index (χ1) is 9.58. The van der Waals surface area contributed by atoms with E-state index < -0.39 is 11.9 Å². The number of hydrogen-bond donors (Lipinski definition) is 1. The Morgan fingerprint density at radius 1 is 1.10 bits per heavy atom. The van der Waals surface area contributed by atoms with Gasteiger partial charge in [-0.3, -0.25) is 9.59 Å². The molecule has 3 nitrogen and oxygen atoms in total. The van der Waals surface area contributed by atoms with Gasteiger partial charge in [-0.15, -0.1) is 0 Å². The van der Waals surface area contributed by atoms with Crippen LogP contribution < -0.4 is 0 Å². The van der Waals surface area contributed by atoms with Crippen LogP contribution in [0.5, 0.6) is 0 Å². The number of aliphatic carboxylic acids is 1. The number of hydrogen-bond acceptors (Lipinski definition) is 2. The van der Waals surface area contributed by atoms with Gasteiger partial charge < -0.3 is 5.11 Å². The molecule has 0 fully saturated rings. The van der Waals surface area contributed by atoms with Crippen LogP contribution in [0.2, 0.25) is 0 Å². The van der Waals surface area contributed by atoms with E-state index in [1.165, 1.54) is 0 Å². The predicted molar refractivity (Wildman–Crippen MR) is 76.0 cm³/mol. The van der Waals surface area contributed by atoms with E-state index in [0.717, 1.165) is 16.7 Å². The van der Waals surface area contributed by atoms with Gasteiger partial charge in [0.05, 0.1) is 5.92 Å². The third kappa shape index (κ3) is 1.92. The quantitative estimate of drug-likeness (QED) is 0.907. The number of rotatable bonds is 2. The zero-order valence-corrected chi connectivity index (χ0v) is 11.1. The van der Waals surface area contributed by atoms with Crippen molar-refractivity contribution in [3.63, 3.8) is 0 Å². The Labute approximate surface area is 116 Å². The molecule has 0 amide bonds. The molecule has 0 spiro atoms. The van der Waals surface area contributed by atoms with E-state index in [9.17, 15) is 9.59 Å². The van der Waals surface area contributed by atoms with Crippen LogP contribution in [0.4, 0.5) is 0 Å². The van der Waals surface area contributed by atoms with Crippen molar-refractivity contribution in [2.24, 2.45) is 0 Å². The molecule has 0 radical (unpaired) electrons. The summed E-state index contributed by atoms with van der Waals surface area (Å²) in [5, 5.41) is 9.08. The van der Waals surface area contributed by atoms with Gasteiger partial charge >= 0.3 is 5.97 Å². The summed E-state index contributed by atoms with van der Waals surface area (Å²) in [4.78, 5) is 23.3. The van der Waals surface area contributed by atoms with Crippen LogP contribution >= 0.6 is 0 Å². The molecule has 1 aliphatic carbocycles. The average Bonchev–Trinajstić information content (AvgIpc) is 2.46. The van der Waals surface area contributed by atoms with E-state index in [-0.39, 0.29) is 5.78 Å². The average molecular weight is 266 g/mol. The van der Waals surface area contributed by atoms with Crippen molar-refractivity contribution in [1.29, 1.82) is 0 Å². The highest BCUT2D eigenvalue weighted by Gasteiger charge is 2.24. The monoisotopic (exact) mass is 266 g/mol. The van der Waals surface area contributed by atoms with Crippen LogP contribution in [0.1, 0.15) is 34.3 Å². The fourth-order valence-corrected chi connectivity index (χ4v) is 2.64. The third-order valence-corrected chi connectivity index (χ3v) is 3.87. The summed E-state index contributed by atoms with van der Waals surface area (Å²) in [5.41, 5.74) is 4.30. The highest BCUT2D eigenvalue weighted by atomic mass is 16.4. The molecule has 0 saturated carbocycles. The van der Waals surface area contributed by atoms with Crippen LogP contribution in [0.15, 0.2) is 42.5 Å². The maximum absolute atomic E-state index is 12.2. The second kappa shape index (κ2) is 4.60. The van der Waals surface area contributed by atoms with Crippen molar-refractivity contribution in [2.45, 2.75) is 19.3 Å². The smallest absolute Gasteiger partial charge is 0.310 e. The molecule has 2 aromatic carbocycles. The number of carboxylic acid groups (broad SMARTS) is 1. The van der Waals surface area contributed by atoms with Crippen LogP contribution in [-0.2, 0) is 11.2 Å². The molecule has 2 aromatic rings. The second-order valence-electron chi connectivity index (χ2n) is 5.12. The summed E-state index contributed by atoms with van der Waals surface area (Å²) >= 11 is 0. The molecule has 0 aromatic heterocycles. The molecule has 0 aliphatic heterocycles. The molecule has 0 bridgehead atoms. The number of carboxylic acids is 1. The normalized spacial score (nSPS) is 14.3. The lowest BCUT2D eigenvalue weighted by molar-refractivity contribution is -0.138. The van der Waals surface area contributed by atoms with Gasteiger partial charge in [0.25, 0.3) is 0 Å². The lowest BCUT2D eigenvalue weighted by atomic mass is 9.83. The van der Waals surface area contributed by atoms with E-state index >= 15 is 0 Å². The summed E-state index contributed by atoms with van der Waals surface area (Å²) < 4.78 is 0. The van der Waals surface area contributed by atoms with Crippen LogP contribution in [0.25, 0.3) is 11.1 Å². The Hall–Kier alpha value is -2.42. The van der Waals surface area contributed by atoms with Crippen LogP contribution in [0.3, 0.4) is 0 Å². The minimum Gasteiger partial charge on any atom is -0.481 e. The third-order valence-electron chi connectivity index (χ3n) is 3.87. The molecule has 100 valence electrons. The summed E-state index contributed by atoms with van der Waals surface area (Å²) in [5.74, 6) is -1.43. The second-order valence-corrected chi connectivity index (χ2v) is 5.12. The summed E-state index contributed by atoms with van der Waals surface area (Å²) in [6, 6.07) is 13.2. The lowest BCUT2D eigenvalue weighted by Crippen LogP contribution is -2.14. The Balaban J connectivity index is 2.16. The van der Waals surface area contributed by atoms with Gasteiger partial charge in [0.1, 0.15) is 0 Å². The molecule has 1 aliphatic rings. The molecule has 3 rings (SSSR count). The lowest BCUT2D eigenvalue weighted by Gasteiger charge is -2.20. The van der Waals surface area contributed by atoms with Gasteiger partial charge in [0, 0.05) is 12.0 Å². The molecule has 20 heavy (non-hydrogen) atoms. The Bertz CT molecular complexity index is 716. The molecule has 0 heterocycles. The van der Waals surface area contributed by atoms with Crippen molar-refractivity contribution in [2.75, 3.05) is 0 Å². The SMILES string of the molecule is CC(C(=O)O)c1ccc2c(c1)C(=O)Cc1ccccc1-2. The Kier molecular flexibility index (Phi) is 2.90. The van der Waals surface area contributed by atoms with E-state index in [1.54, 1.807) is 19.1 Å². The zero-order valence-electron chi connectivity index (χ0n) is 11.1. The first-order valence-electron chi connectivity index (χ1n) is 6.56. The number of benzene rings is 2. The van der Waals surface area contributed by atoms with Gasteiger partial charge in [-0.25, -0.2) is 0 Å². The van der Waals surface area contributed by atoms with E-state index in [4.69, 9.17) is 5.11 Å². The van der Waals surface area contributed by atoms with Crippen molar-refractivity contribution in [3.05, 3.63) is 59.2 Å². The van der Waals surface area contributed by atoms with Crippen molar-refractivity contribution < 1.29 is 14.7 Å². The van der Waals surface area contributed by atoms with Gasteiger partial charge in [0.15, 0.2) is 5.78 Å². The minimum absolute atomic E-state index is 0.0538. The Morgan fingerprint density at radius 2 is 1.85 bits per heavy atom. The van der Waals surface area contributed by atoms with E-state index in [2.05, 4.69) is 0 Å². The fourth-order valence-electron chi connectivity index (χ4n) is 2.64.